The Labute approximate surface area is 115 Å². The molecule has 1 N–H and O–H groups in total. The van der Waals surface area contributed by atoms with Crippen molar-refractivity contribution in [2.75, 3.05) is 11.9 Å². The van der Waals surface area contributed by atoms with Crippen molar-refractivity contribution in [2.24, 2.45) is 0 Å². The zero-order valence-electron chi connectivity index (χ0n) is 10.8. The van der Waals surface area contributed by atoms with Gasteiger partial charge in [0.1, 0.15) is 11.5 Å². The van der Waals surface area contributed by atoms with E-state index in [0.717, 1.165) is 0 Å². The first-order valence-corrected chi connectivity index (χ1v) is 5.90. The van der Waals surface area contributed by atoms with Crippen LogP contribution in [0.1, 0.15) is 5.56 Å². The van der Waals surface area contributed by atoms with Crippen LogP contribution in [0.2, 0.25) is 0 Å². The van der Waals surface area contributed by atoms with E-state index in [1.807, 2.05) is 0 Å². The van der Waals surface area contributed by atoms with Gasteiger partial charge in [-0.25, -0.2) is 4.39 Å². The van der Waals surface area contributed by atoms with Gasteiger partial charge in [-0.05, 0) is 35.9 Å². The Morgan fingerprint density at radius 3 is 2.45 bits per heavy atom. The second-order valence-corrected chi connectivity index (χ2v) is 4.27. The summed E-state index contributed by atoms with van der Waals surface area (Å²) in [6.45, 7) is -0.263. The third-order valence-electron chi connectivity index (χ3n) is 2.99. The number of nitrogens with zero attached hydrogens (tertiary/aromatic N) is 2. The number of halogens is 1. The lowest BCUT2D eigenvalue weighted by atomic mass is 10.1. The van der Waals surface area contributed by atoms with Crippen LogP contribution >= 0.6 is 0 Å². The molecule has 0 heterocycles. The Balaban J connectivity index is 2.45. The predicted molar refractivity (Wildman–Crippen MR) is 73.5 cm³/mol. The van der Waals surface area contributed by atoms with Crippen LogP contribution in [-0.2, 0) is 6.61 Å². The molecule has 0 aliphatic rings. The molecule has 0 saturated carbocycles. The summed E-state index contributed by atoms with van der Waals surface area (Å²) in [7, 11) is 1.66. The normalized spacial score (nSPS) is 10.3. The van der Waals surface area contributed by atoms with Crippen LogP contribution in [0.15, 0.2) is 42.5 Å². The lowest BCUT2D eigenvalue weighted by molar-refractivity contribution is -0.384. The molecule has 0 saturated heterocycles. The van der Waals surface area contributed by atoms with E-state index < -0.39 is 4.92 Å². The van der Waals surface area contributed by atoms with Gasteiger partial charge in [0.05, 0.1) is 11.5 Å². The minimum atomic E-state index is -0.505. The number of rotatable bonds is 4. The first kappa shape index (κ1) is 14.0. The zero-order chi connectivity index (χ0) is 14.7. The summed E-state index contributed by atoms with van der Waals surface area (Å²) in [5, 5.41) is 20.2. The lowest BCUT2D eigenvalue weighted by Gasteiger charge is -2.19. The van der Waals surface area contributed by atoms with Crippen LogP contribution in [0.25, 0.3) is 0 Å². The highest BCUT2D eigenvalue weighted by atomic mass is 19.1. The van der Waals surface area contributed by atoms with Gasteiger partial charge in [0.25, 0.3) is 5.69 Å². The molecule has 0 spiro atoms. The third kappa shape index (κ3) is 2.75. The van der Waals surface area contributed by atoms with Gasteiger partial charge in [-0.3, -0.25) is 10.1 Å². The molecule has 20 heavy (non-hydrogen) atoms. The molecule has 0 radical (unpaired) electrons. The predicted octanol–water partition coefficient (Wildman–Crippen LogP) is 2.99. The largest absolute Gasteiger partial charge is 0.392 e. The number of anilines is 2. The van der Waals surface area contributed by atoms with Crippen molar-refractivity contribution >= 4 is 17.1 Å². The van der Waals surface area contributed by atoms with Crippen molar-refractivity contribution in [3.8, 4) is 0 Å². The number of hydrogen-bond donors (Lipinski definition) is 1. The summed E-state index contributed by atoms with van der Waals surface area (Å²) in [4.78, 5) is 12.2. The quantitative estimate of drug-likeness (QED) is 0.688. The molecule has 6 heteroatoms. The number of aliphatic hydroxyl groups excluding tert-OH is 1. The molecule has 5 nitrogen and oxygen atoms in total. The Bertz CT molecular complexity index is 629. The van der Waals surface area contributed by atoms with Gasteiger partial charge in [0.15, 0.2) is 0 Å². The van der Waals surface area contributed by atoms with Gasteiger partial charge in [-0.2, -0.15) is 0 Å². The van der Waals surface area contributed by atoms with E-state index in [1.54, 1.807) is 36.2 Å². The number of hydrogen-bond acceptors (Lipinski definition) is 4. The molecule has 0 bridgehead atoms. The highest BCUT2D eigenvalue weighted by Gasteiger charge is 2.18. The van der Waals surface area contributed by atoms with Gasteiger partial charge in [-0.15, -0.1) is 0 Å². The number of aliphatic hydroxyl groups is 1. The highest BCUT2D eigenvalue weighted by Crippen LogP contribution is 2.33. The van der Waals surface area contributed by atoms with Crippen LogP contribution in [0.5, 0.6) is 0 Å². The summed E-state index contributed by atoms with van der Waals surface area (Å²) in [6, 6.07) is 10.2. The average molecular weight is 276 g/mol. The van der Waals surface area contributed by atoms with Crippen LogP contribution in [0, 0.1) is 15.9 Å². The Morgan fingerprint density at radius 1 is 1.25 bits per heavy atom. The van der Waals surface area contributed by atoms with Crippen molar-refractivity contribution in [1.82, 2.24) is 0 Å². The first-order chi connectivity index (χ1) is 9.52. The van der Waals surface area contributed by atoms with Gasteiger partial charge in [0, 0.05) is 18.8 Å². The summed E-state index contributed by atoms with van der Waals surface area (Å²) < 4.78 is 12.9. The summed E-state index contributed by atoms with van der Waals surface area (Å²) in [6.07, 6.45) is 0. The maximum atomic E-state index is 12.9. The van der Waals surface area contributed by atoms with Crippen molar-refractivity contribution in [3.63, 3.8) is 0 Å². The molecule has 104 valence electrons. The smallest absolute Gasteiger partial charge is 0.293 e. The second kappa shape index (κ2) is 5.66. The van der Waals surface area contributed by atoms with Gasteiger partial charge >= 0.3 is 0 Å². The van der Waals surface area contributed by atoms with E-state index in [9.17, 15) is 14.5 Å². The van der Waals surface area contributed by atoms with Crippen molar-refractivity contribution < 1.29 is 14.4 Å². The minimum Gasteiger partial charge on any atom is -0.392 e. The molecule has 0 unspecified atom stereocenters. The maximum Gasteiger partial charge on any atom is 0.293 e. The molecule has 0 aliphatic heterocycles. The number of nitro groups is 1. The van der Waals surface area contributed by atoms with Crippen molar-refractivity contribution in [1.29, 1.82) is 0 Å². The van der Waals surface area contributed by atoms with E-state index >= 15 is 0 Å². The molecule has 0 aromatic heterocycles. The molecule has 0 atom stereocenters. The second-order valence-electron chi connectivity index (χ2n) is 4.27. The van der Waals surface area contributed by atoms with E-state index in [-0.39, 0.29) is 18.1 Å². The average Bonchev–Trinajstić information content (AvgIpc) is 2.46. The Kier molecular flexibility index (Phi) is 3.95. The first-order valence-electron chi connectivity index (χ1n) is 5.90. The third-order valence-corrected chi connectivity index (χ3v) is 2.99. The zero-order valence-corrected chi connectivity index (χ0v) is 10.8. The molecular weight excluding hydrogens is 263 g/mol. The number of nitro benzene ring substituents is 1. The fraction of sp³-hybridized carbons (Fsp3) is 0.143. The summed E-state index contributed by atoms with van der Waals surface area (Å²) in [5.74, 6) is -0.368. The van der Waals surface area contributed by atoms with Crippen molar-refractivity contribution in [2.45, 2.75) is 6.61 Å². The molecule has 2 rings (SSSR count). The molecule has 0 fully saturated rings. The Morgan fingerprint density at radius 2 is 1.90 bits per heavy atom. The van der Waals surface area contributed by atoms with Crippen molar-refractivity contribution in [3.05, 3.63) is 64.0 Å². The van der Waals surface area contributed by atoms with Gasteiger partial charge in [0.2, 0.25) is 0 Å². The molecule has 2 aromatic carbocycles. The summed E-state index contributed by atoms with van der Waals surface area (Å²) >= 11 is 0. The fourth-order valence-electron chi connectivity index (χ4n) is 1.90. The van der Waals surface area contributed by atoms with E-state index in [1.165, 1.54) is 18.2 Å². The van der Waals surface area contributed by atoms with Crippen LogP contribution < -0.4 is 4.90 Å². The molecule has 0 aliphatic carbocycles. The SMILES string of the molecule is CN(c1ccc(F)cc1)c1ccc(CO)cc1[N+](=O)[O-]. The van der Waals surface area contributed by atoms with Crippen LogP contribution in [0.4, 0.5) is 21.5 Å². The molecule has 0 amide bonds. The number of benzene rings is 2. The molecular formula is C14H13FN2O3. The lowest BCUT2D eigenvalue weighted by Crippen LogP contribution is -2.11. The van der Waals surface area contributed by atoms with Gasteiger partial charge in [-0.1, -0.05) is 6.07 Å². The van der Waals surface area contributed by atoms with Crippen LogP contribution in [-0.4, -0.2) is 17.1 Å². The Hall–Kier alpha value is -2.47. The monoisotopic (exact) mass is 276 g/mol. The van der Waals surface area contributed by atoms with E-state index in [2.05, 4.69) is 0 Å². The van der Waals surface area contributed by atoms with Gasteiger partial charge < -0.3 is 10.0 Å². The minimum absolute atomic E-state index is 0.108. The maximum absolute atomic E-state index is 12.9. The highest BCUT2D eigenvalue weighted by molar-refractivity contribution is 5.72. The van der Waals surface area contributed by atoms with E-state index in [0.29, 0.717) is 16.9 Å². The van der Waals surface area contributed by atoms with E-state index in [4.69, 9.17) is 5.11 Å². The topological polar surface area (TPSA) is 66.6 Å². The summed E-state index contributed by atoms with van der Waals surface area (Å²) in [5.41, 5.74) is 1.36. The fourth-order valence-corrected chi connectivity index (χ4v) is 1.90. The molecule has 2 aromatic rings. The standard InChI is InChI=1S/C14H13FN2O3/c1-16(12-5-3-11(15)4-6-12)13-7-2-10(9-18)8-14(13)17(19)20/h2-8,18H,9H2,1H3. The van der Waals surface area contributed by atoms with Crippen LogP contribution in [0.3, 0.4) is 0 Å².